The molecule has 2 aromatic carbocycles. The number of rotatable bonds is 7. The molecule has 0 amide bonds. The molecular formula is C26H24N4O3S3. The lowest BCUT2D eigenvalue weighted by atomic mass is 10.0. The number of hydrogen-bond donors (Lipinski definition) is 2. The monoisotopic (exact) mass is 536 g/mol. The maximum atomic E-state index is 11.6. The van der Waals surface area contributed by atoms with E-state index in [0.717, 1.165) is 33.4 Å². The van der Waals surface area contributed by atoms with E-state index in [2.05, 4.69) is 46.2 Å². The van der Waals surface area contributed by atoms with Gasteiger partial charge in [0.1, 0.15) is 11.8 Å². The molecule has 184 valence electrons. The third-order valence-electron chi connectivity index (χ3n) is 5.68. The van der Waals surface area contributed by atoms with E-state index in [9.17, 15) is 8.42 Å². The number of nitrogens with zero attached hydrogens (tertiary/aromatic N) is 2. The zero-order chi connectivity index (χ0) is 25.3. The molecule has 7 nitrogen and oxygen atoms in total. The molecule has 10 heteroatoms. The van der Waals surface area contributed by atoms with E-state index < -0.39 is 10.0 Å². The van der Waals surface area contributed by atoms with Crippen LogP contribution in [-0.2, 0) is 10.0 Å². The fourth-order valence-electron chi connectivity index (χ4n) is 4.10. The van der Waals surface area contributed by atoms with Crippen molar-refractivity contribution in [3.8, 4) is 0 Å². The van der Waals surface area contributed by atoms with Crippen LogP contribution < -0.4 is 14.9 Å². The van der Waals surface area contributed by atoms with Crippen molar-refractivity contribution in [3.63, 3.8) is 0 Å². The van der Waals surface area contributed by atoms with Gasteiger partial charge < -0.3 is 14.6 Å². The zero-order valence-corrected chi connectivity index (χ0v) is 22.0. The molecule has 1 saturated heterocycles. The summed E-state index contributed by atoms with van der Waals surface area (Å²) in [6, 6.07) is 24.6. The molecule has 0 bridgehead atoms. The van der Waals surface area contributed by atoms with Gasteiger partial charge in [-0.3, -0.25) is 9.71 Å². The number of aromatic nitrogens is 1. The number of hydrogen-bond acceptors (Lipinski definition) is 6. The minimum Gasteiger partial charge on any atom is -0.452 e. The first kappa shape index (κ1) is 24.4. The first-order valence-electron chi connectivity index (χ1n) is 11.2. The smallest absolute Gasteiger partial charge is 0.229 e. The van der Waals surface area contributed by atoms with Gasteiger partial charge in [0.2, 0.25) is 10.0 Å². The van der Waals surface area contributed by atoms with E-state index in [1.54, 1.807) is 30.1 Å². The van der Waals surface area contributed by atoms with Gasteiger partial charge in [0.05, 0.1) is 18.0 Å². The Labute approximate surface area is 220 Å². The summed E-state index contributed by atoms with van der Waals surface area (Å²) in [7, 11) is -3.37. The van der Waals surface area contributed by atoms with Crippen LogP contribution in [0.1, 0.15) is 29.1 Å². The van der Waals surface area contributed by atoms with Crippen molar-refractivity contribution < 1.29 is 12.8 Å². The molecule has 0 saturated carbocycles. The molecule has 4 aromatic rings. The minimum absolute atomic E-state index is 0.240. The number of anilines is 2. The van der Waals surface area contributed by atoms with Crippen molar-refractivity contribution in [2.45, 2.75) is 29.0 Å². The number of sulfonamides is 1. The first-order chi connectivity index (χ1) is 17.3. The van der Waals surface area contributed by atoms with Crippen molar-refractivity contribution in [3.05, 3.63) is 102 Å². The van der Waals surface area contributed by atoms with Crippen molar-refractivity contribution in [2.24, 2.45) is 0 Å². The van der Waals surface area contributed by atoms with E-state index in [4.69, 9.17) is 16.6 Å². The van der Waals surface area contributed by atoms with Gasteiger partial charge in [0.15, 0.2) is 10.2 Å². The average Bonchev–Trinajstić information content (AvgIpc) is 3.44. The predicted molar refractivity (Wildman–Crippen MR) is 147 cm³/mol. The fraction of sp³-hybridized carbons (Fsp3) is 0.154. The van der Waals surface area contributed by atoms with Crippen LogP contribution in [0.25, 0.3) is 0 Å². The van der Waals surface area contributed by atoms with E-state index in [1.807, 2.05) is 47.4 Å². The Balaban J connectivity index is 1.49. The highest BCUT2D eigenvalue weighted by Gasteiger charge is 2.42. The predicted octanol–water partition coefficient (Wildman–Crippen LogP) is 5.68. The zero-order valence-electron chi connectivity index (χ0n) is 19.6. The number of nitrogens with one attached hydrogen (secondary N) is 2. The molecule has 3 heterocycles. The summed E-state index contributed by atoms with van der Waals surface area (Å²) in [5.41, 5.74) is 3.33. The van der Waals surface area contributed by atoms with Crippen molar-refractivity contribution >= 4 is 50.5 Å². The Hall–Kier alpha value is -3.34. The van der Waals surface area contributed by atoms with Gasteiger partial charge in [-0.25, -0.2) is 8.42 Å². The molecule has 2 N–H and O–H groups in total. The van der Waals surface area contributed by atoms with Gasteiger partial charge in [0, 0.05) is 22.5 Å². The molecule has 1 aliphatic rings. The van der Waals surface area contributed by atoms with Crippen LogP contribution in [0.15, 0.2) is 99.5 Å². The topological polar surface area (TPSA) is 87.5 Å². The summed E-state index contributed by atoms with van der Waals surface area (Å²) in [6.45, 7) is 2.06. The summed E-state index contributed by atoms with van der Waals surface area (Å²) in [5, 5.41) is 4.71. The summed E-state index contributed by atoms with van der Waals surface area (Å²) in [6.07, 6.45) is 2.88. The molecule has 36 heavy (non-hydrogen) atoms. The maximum Gasteiger partial charge on any atom is 0.229 e. The quantitative estimate of drug-likeness (QED) is 0.292. The van der Waals surface area contributed by atoms with E-state index >= 15 is 0 Å². The standard InChI is InChI=1S/C26H24N4O3S3/c1-17-6-12-20(13-7-17)35-23-15-14-22(33-23)25-24(21-5-3-4-16-27-21)28-26(34)30(25)19-10-8-18(9-11-19)29-36(2,31)32/h3-16,24-25,29H,1-2H3,(H,28,34)/t24-,25+/m0/s1. The van der Waals surface area contributed by atoms with Gasteiger partial charge in [-0.2, -0.15) is 0 Å². The van der Waals surface area contributed by atoms with Crippen molar-refractivity contribution in [1.29, 1.82) is 0 Å². The van der Waals surface area contributed by atoms with Crippen molar-refractivity contribution in [2.75, 3.05) is 15.9 Å². The van der Waals surface area contributed by atoms with E-state index in [1.165, 1.54) is 5.56 Å². The average molecular weight is 537 g/mol. The van der Waals surface area contributed by atoms with Crippen LogP contribution in [0, 0.1) is 6.92 Å². The lowest BCUT2D eigenvalue weighted by Gasteiger charge is -2.26. The third-order valence-corrected chi connectivity index (χ3v) is 7.53. The Kier molecular flexibility index (Phi) is 6.74. The summed E-state index contributed by atoms with van der Waals surface area (Å²) >= 11 is 7.31. The van der Waals surface area contributed by atoms with Gasteiger partial charge in [-0.05, 0) is 79.8 Å². The molecule has 0 aliphatic carbocycles. The molecule has 2 atom stereocenters. The highest BCUT2D eigenvalue weighted by Crippen LogP contribution is 2.43. The largest absolute Gasteiger partial charge is 0.452 e. The molecule has 0 radical (unpaired) electrons. The first-order valence-corrected chi connectivity index (χ1v) is 14.3. The Morgan fingerprint density at radius 2 is 1.78 bits per heavy atom. The number of aryl methyl sites for hydroxylation is 1. The van der Waals surface area contributed by atoms with Crippen molar-refractivity contribution in [1.82, 2.24) is 10.3 Å². The molecular weight excluding hydrogens is 513 g/mol. The van der Waals surface area contributed by atoms with E-state index in [-0.39, 0.29) is 12.1 Å². The van der Waals surface area contributed by atoms with Crippen LogP contribution in [0.5, 0.6) is 0 Å². The molecule has 0 spiro atoms. The van der Waals surface area contributed by atoms with Crippen LogP contribution in [-0.4, -0.2) is 24.8 Å². The molecule has 0 unspecified atom stereocenters. The number of furan rings is 1. The fourth-order valence-corrected chi connectivity index (χ4v) is 5.79. The molecule has 1 aliphatic heterocycles. The van der Waals surface area contributed by atoms with Gasteiger partial charge in [-0.1, -0.05) is 35.5 Å². The van der Waals surface area contributed by atoms with Crippen LogP contribution >= 0.6 is 24.0 Å². The lowest BCUT2D eigenvalue weighted by Crippen LogP contribution is -2.29. The Bertz CT molecular complexity index is 1470. The normalized spacial score (nSPS) is 17.7. The number of pyridine rings is 1. The number of benzene rings is 2. The van der Waals surface area contributed by atoms with Crippen LogP contribution in [0.3, 0.4) is 0 Å². The lowest BCUT2D eigenvalue weighted by molar-refractivity contribution is 0.383. The Morgan fingerprint density at radius 3 is 2.44 bits per heavy atom. The third kappa shape index (κ3) is 5.40. The summed E-state index contributed by atoms with van der Waals surface area (Å²) in [5.74, 6) is 0.742. The van der Waals surface area contributed by atoms with Gasteiger partial charge in [0.25, 0.3) is 0 Å². The minimum atomic E-state index is -3.37. The highest BCUT2D eigenvalue weighted by atomic mass is 32.2. The second kappa shape index (κ2) is 9.96. The second-order valence-corrected chi connectivity index (χ2v) is 11.7. The Morgan fingerprint density at radius 1 is 1.03 bits per heavy atom. The second-order valence-electron chi connectivity index (χ2n) is 8.49. The maximum absolute atomic E-state index is 11.6. The van der Waals surface area contributed by atoms with Gasteiger partial charge in [-0.15, -0.1) is 0 Å². The van der Waals surface area contributed by atoms with E-state index in [0.29, 0.717) is 10.8 Å². The summed E-state index contributed by atoms with van der Waals surface area (Å²) in [4.78, 5) is 7.64. The number of thiocarbonyl (C=S) groups is 1. The molecule has 5 rings (SSSR count). The molecule has 2 aromatic heterocycles. The summed E-state index contributed by atoms with van der Waals surface area (Å²) < 4.78 is 32.1. The van der Waals surface area contributed by atoms with Gasteiger partial charge >= 0.3 is 0 Å². The van der Waals surface area contributed by atoms with Crippen LogP contribution in [0.4, 0.5) is 11.4 Å². The molecule has 1 fully saturated rings. The SMILES string of the molecule is Cc1ccc(Sc2ccc([C@@H]3[C@H](c4ccccn4)NC(=S)N3c3ccc(NS(C)(=O)=O)cc3)o2)cc1. The highest BCUT2D eigenvalue weighted by molar-refractivity contribution is 7.99. The van der Waals surface area contributed by atoms with Crippen LogP contribution in [0.2, 0.25) is 0 Å².